The van der Waals surface area contributed by atoms with Gasteiger partial charge < -0.3 is 4.90 Å². The molecule has 0 aromatic heterocycles. The van der Waals surface area contributed by atoms with E-state index in [1.54, 1.807) is 4.90 Å². The first kappa shape index (κ1) is 13.4. The fourth-order valence-electron chi connectivity index (χ4n) is 2.30. The standard InChI is InChI=1S/C17H19NO/c1-4-17(19)18-11-5-6-16(12-18)15-9-7-14(8-10-15)13(2)3/h1,7-10,12-13H,5-6,11H2,2-3H3. The van der Waals surface area contributed by atoms with Crippen molar-refractivity contribution in [1.82, 2.24) is 4.90 Å². The van der Waals surface area contributed by atoms with E-state index in [1.165, 1.54) is 16.7 Å². The van der Waals surface area contributed by atoms with Crippen molar-refractivity contribution < 1.29 is 4.79 Å². The quantitative estimate of drug-likeness (QED) is 0.740. The van der Waals surface area contributed by atoms with Crippen LogP contribution in [0.5, 0.6) is 0 Å². The van der Waals surface area contributed by atoms with Crippen LogP contribution in [0.2, 0.25) is 0 Å². The maximum absolute atomic E-state index is 11.5. The molecule has 0 saturated carbocycles. The van der Waals surface area contributed by atoms with Crippen molar-refractivity contribution in [2.24, 2.45) is 0 Å². The Bertz CT molecular complexity index is 531. The van der Waals surface area contributed by atoms with Crippen molar-refractivity contribution in [3.8, 4) is 12.3 Å². The fourth-order valence-corrected chi connectivity index (χ4v) is 2.30. The highest BCUT2D eigenvalue weighted by atomic mass is 16.2. The van der Waals surface area contributed by atoms with Gasteiger partial charge in [-0.25, -0.2) is 0 Å². The molecular formula is C17H19NO. The number of rotatable bonds is 2. The van der Waals surface area contributed by atoms with Crippen LogP contribution in [0.25, 0.3) is 5.57 Å². The monoisotopic (exact) mass is 253 g/mol. The Hall–Kier alpha value is -2.01. The van der Waals surface area contributed by atoms with Crippen molar-refractivity contribution in [3.05, 3.63) is 41.6 Å². The molecule has 0 spiro atoms. The Morgan fingerprint density at radius 1 is 1.32 bits per heavy atom. The normalized spacial score (nSPS) is 15.1. The Kier molecular flexibility index (Phi) is 4.06. The van der Waals surface area contributed by atoms with Crippen LogP contribution in [-0.4, -0.2) is 17.4 Å². The largest absolute Gasteiger partial charge is 0.308 e. The number of carbonyl (C=O) groups is 1. The lowest BCUT2D eigenvalue weighted by Crippen LogP contribution is -2.28. The van der Waals surface area contributed by atoms with E-state index in [0.717, 1.165) is 19.4 Å². The van der Waals surface area contributed by atoms with Crippen molar-refractivity contribution in [2.75, 3.05) is 6.54 Å². The maximum Gasteiger partial charge on any atom is 0.302 e. The minimum absolute atomic E-state index is 0.254. The summed E-state index contributed by atoms with van der Waals surface area (Å²) in [7, 11) is 0. The molecule has 2 nitrogen and oxygen atoms in total. The topological polar surface area (TPSA) is 20.3 Å². The third kappa shape index (κ3) is 3.06. The fraction of sp³-hybridized carbons (Fsp3) is 0.353. The Morgan fingerprint density at radius 2 is 2.00 bits per heavy atom. The van der Waals surface area contributed by atoms with Crippen LogP contribution in [0, 0.1) is 12.3 Å². The van der Waals surface area contributed by atoms with E-state index in [4.69, 9.17) is 6.42 Å². The molecule has 1 aromatic rings. The second kappa shape index (κ2) is 5.75. The summed E-state index contributed by atoms with van der Waals surface area (Å²) in [5, 5.41) is 0. The SMILES string of the molecule is C#CC(=O)N1C=C(c2ccc(C(C)C)cc2)CCC1. The predicted octanol–water partition coefficient (Wildman–Crippen LogP) is 3.41. The first-order valence-corrected chi connectivity index (χ1v) is 6.70. The summed E-state index contributed by atoms with van der Waals surface area (Å²) in [6.45, 7) is 5.08. The highest BCUT2D eigenvalue weighted by molar-refractivity contribution is 5.94. The van der Waals surface area contributed by atoms with E-state index in [-0.39, 0.29) is 5.91 Å². The van der Waals surface area contributed by atoms with Crippen molar-refractivity contribution in [3.63, 3.8) is 0 Å². The molecule has 19 heavy (non-hydrogen) atoms. The van der Waals surface area contributed by atoms with Gasteiger partial charge in [-0.2, -0.15) is 0 Å². The van der Waals surface area contributed by atoms with Crippen molar-refractivity contribution in [2.45, 2.75) is 32.6 Å². The molecule has 0 fully saturated rings. The van der Waals surface area contributed by atoms with Gasteiger partial charge in [-0.05, 0) is 41.4 Å². The lowest BCUT2D eigenvalue weighted by molar-refractivity contribution is -0.122. The van der Waals surface area contributed by atoms with Gasteiger partial charge in [0.2, 0.25) is 0 Å². The molecule has 1 aliphatic heterocycles. The molecule has 0 radical (unpaired) electrons. The molecule has 2 heteroatoms. The van der Waals surface area contributed by atoms with Gasteiger partial charge in [-0.1, -0.05) is 38.1 Å². The second-order valence-electron chi connectivity index (χ2n) is 5.18. The highest BCUT2D eigenvalue weighted by Gasteiger charge is 2.15. The first-order valence-electron chi connectivity index (χ1n) is 6.70. The summed E-state index contributed by atoms with van der Waals surface area (Å²) in [4.78, 5) is 13.2. The van der Waals surface area contributed by atoms with Crippen molar-refractivity contribution in [1.29, 1.82) is 0 Å². The van der Waals surface area contributed by atoms with E-state index in [2.05, 4.69) is 44.0 Å². The number of allylic oxidation sites excluding steroid dienone is 1. The van der Waals surface area contributed by atoms with Gasteiger partial charge in [-0.15, -0.1) is 6.42 Å². The van der Waals surface area contributed by atoms with E-state index >= 15 is 0 Å². The molecule has 0 aliphatic carbocycles. The number of hydrogen-bond acceptors (Lipinski definition) is 1. The van der Waals surface area contributed by atoms with E-state index in [9.17, 15) is 4.79 Å². The number of hydrogen-bond donors (Lipinski definition) is 0. The Balaban J connectivity index is 2.23. The molecule has 2 rings (SSSR count). The molecule has 0 saturated heterocycles. The average molecular weight is 253 g/mol. The minimum atomic E-state index is -0.254. The summed E-state index contributed by atoms with van der Waals surface area (Å²) in [6, 6.07) is 8.57. The van der Waals surface area contributed by atoms with Crippen LogP contribution in [-0.2, 0) is 4.79 Å². The van der Waals surface area contributed by atoms with E-state index < -0.39 is 0 Å². The van der Waals surface area contributed by atoms with Gasteiger partial charge in [0.15, 0.2) is 0 Å². The number of amides is 1. The van der Waals surface area contributed by atoms with Crippen molar-refractivity contribution >= 4 is 11.5 Å². The number of nitrogens with zero attached hydrogens (tertiary/aromatic N) is 1. The van der Waals surface area contributed by atoms with E-state index in [1.807, 2.05) is 6.20 Å². The summed E-state index contributed by atoms with van der Waals surface area (Å²) >= 11 is 0. The van der Waals surface area contributed by atoms with Crippen LogP contribution in [0.4, 0.5) is 0 Å². The summed E-state index contributed by atoms with van der Waals surface area (Å²) in [5.41, 5.74) is 3.70. The molecular weight excluding hydrogens is 234 g/mol. The maximum atomic E-state index is 11.5. The van der Waals surface area contributed by atoms with Crippen LogP contribution in [0.1, 0.15) is 43.7 Å². The highest BCUT2D eigenvalue weighted by Crippen LogP contribution is 2.26. The zero-order valence-electron chi connectivity index (χ0n) is 11.5. The minimum Gasteiger partial charge on any atom is -0.308 e. The Labute approximate surface area is 115 Å². The summed E-state index contributed by atoms with van der Waals surface area (Å²) < 4.78 is 0. The molecule has 1 aromatic carbocycles. The van der Waals surface area contributed by atoms with Crippen LogP contribution in [0.3, 0.4) is 0 Å². The molecule has 1 amide bonds. The number of benzene rings is 1. The van der Waals surface area contributed by atoms with Gasteiger partial charge in [0, 0.05) is 12.7 Å². The van der Waals surface area contributed by atoms with Gasteiger partial charge in [0.25, 0.3) is 0 Å². The van der Waals surface area contributed by atoms with Gasteiger partial charge in [-0.3, -0.25) is 4.79 Å². The van der Waals surface area contributed by atoms with E-state index in [0.29, 0.717) is 5.92 Å². The molecule has 0 bridgehead atoms. The molecule has 1 aliphatic rings. The predicted molar refractivity (Wildman–Crippen MR) is 78.3 cm³/mol. The Morgan fingerprint density at radius 3 is 2.58 bits per heavy atom. The second-order valence-corrected chi connectivity index (χ2v) is 5.18. The lowest BCUT2D eigenvalue weighted by atomic mass is 9.95. The number of carbonyl (C=O) groups excluding carboxylic acids is 1. The summed E-state index contributed by atoms with van der Waals surface area (Å²) in [5.74, 6) is 2.46. The molecule has 0 atom stereocenters. The third-order valence-electron chi connectivity index (χ3n) is 3.49. The lowest BCUT2D eigenvalue weighted by Gasteiger charge is -2.23. The van der Waals surface area contributed by atoms with Gasteiger partial charge >= 0.3 is 5.91 Å². The van der Waals surface area contributed by atoms with Gasteiger partial charge in [0.05, 0.1) is 0 Å². The molecule has 0 N–H and O–H groups in total. The zero-order valence-corrected chi connectivity index (χ0v) is 11.5. The van der Waals surface area contributed by atoms with Crippen LogP contribution < -0.4 is 0 Å². The molecule has 0 unspecified atom stereocenters. The smallest absolute Gasteiger partial charge is 0.302 e. The third-order valence-corrected chi connectivity index (χ3v) is 3.49. The summed E-state index contributed by atoms with van der Waals surface area (Å²) in [6.07, 6.45) is 9.03. The van der Waals surface area contributed by atoms with Crippen LogP contribution >= 0.6 is 0 Å². The molecule has 1 heterocycles. The number of terminal acetylenes is 1. The zero-order chi connectivity index (χ0) is 13.8. The first-order chi connectivity index (χ1) is 9.11. The average Bonchev–Trinajstić information content (AvgIpc) is 2.46. The van der Waals surface area contributed by atoms with Crippen LogP contribution in [0.15, 0.2) is 30.5 Å². The molecule has 98 valence electrons. The van der Waals surface area contributed by atoms with Gasteiger partial charge in [0.1, 0.15) is 0 Å².